The van der Waals surface area contributed by atoms with Gasteiger partial charge < -0.3 is 14.6 Å². The van der Waals surface area contributed by atoms with Crippen molar-refractivity contribution in [3.05, 3.63) is 87.7 Å². The summed E-state index contributed by atoms with van der Waals surface area (Å²) in [6.45, 7) is 4.32. The van der Waals surface area contributed by atoms with Crippen molar-refractivity contribution in [2.45, 2.75) is 19.9 Å². The number of aromatic nitrogens is 2. The molecule has 1 saturated heterocycles. The van der Waals surface area contributed by atoms with Gasteiger partial charge >= 0.3 is 5.91 Å². The lowest BCUT2D eigenvalue weighted by atomic mass is 9.98. The number of ether oxygens (including phenoxy) is 2. The number of anilines is 1. The quantitative estimate of drug-likeness (QED) is 0.106. The number of nitro groups is 1. The van der Waals surface area contributed by atoms with Crippen molar-refractivity contribution in [3.8, 4) is 11.5 Å². The number of thiazole rings is 1. The number of Topliss-reactive ketones (excluding diaryl/α,β-unsaturated/α-hetero) is 1. The zero-order chi connectivity index (χ0) is 27.7. The summed E-state index contributed by atoms with van der Waals surface area (Å²) in [5.41, 5.74) is 0.646. The number of aliphatic hydroxyl groups excluding tert-OH is 1. The van der Waals surface area contributed by atoms with Gasteiger partial charge in [0.05, 0.1) is 45.2 Å². The Morgan fingerprint density at radius 3 is 2.59 bits per heavy atom. The molecule has 0 saturated carbocycles. The molecule has 1 N–H and O–H groups in total. The highest BCUT2D eigenvalue weighted by Crippen LogP contribution is 2.45. The van der Waals surface area contributed by atoms with E-state index in [0.717, 1.165) is 11.3 Å². The number of hydrogen-bond donors (Lipinski definition) is 1. The van der Waals surface area contributed by atoms with Gasteiger partial charge in [-0.1, -0.05) is 17.4 Å². The van der Waals surface area contributed by atoms with Crippen LogP contribution >= 0.6 is 11.3 Å². The first kappa shape index (κ1) is 25.8. The molecular weight excluding hydrogens is 524 g/mol. The molecule has 39 heavy (non-hydrogen) atoms. The highest BCUT2D eigenvalue weighted by Gasteiger charge is 2.49. The number of carbonyl (C=O) groups is 2. The lowest BCUT2D eigenvalue weighted by molar-refractivity contribution is -0.384. The van der Waals surface area contributed by atoms with Gasteiger partial charge in [-0.25, -0.2) is 4.98 Å². The third kappa shape index (κ3) is 4.66. The maximum atomic E-state index is 13.5. The van der Waals surface area contributed by atoms with Crippen LogP contribution in [0.1, 0.15) is 31.1 Å². The van der Waals surface area contributed by atoms with E-state index in [9.17, 15) is 24.8 Å². The molecule has 0 aliphatic carbocycles. The fraction of sp³-hybridized carbons (Fsp3) is 0.185. The van der Waals surface area contributed by atoms with Crippen LogP contribution in [-0.4, -0.2) is 44.9 Å². The van der Waals surface area contributed by atoms with Crippen LogP contribution < -0.4 is 14.4 Å². The normalized spacial score (nSPS) is 16.6. The van der Waals surface area contributed by atoms with Gasteiger partial charge in [0.25, 0.3) is 11.5 Å². The Hall–Kier alpha value is -4.84. The second-order valence-electron chi connectivity index (χ2n) is 8.35. The van der Waals surface area contributed by atoms with Gasteiger partial charge in [0, 0.05) is 24.4 Å². The number of nitrogens with zero attached hydrogens (tertiary/aromatic N) is 4. The minimum absolute atomic E-state index is 0.125. The maximum absolute atomic E-state index is 13.5. The van der Waals surface area contributed by atoms with Crippen LogP contribution in [-0.2, 0) is 9.59 Å². The van der Waals surface area contributed by atoms with E-state index < -0.39 is 28.4 Å². The van der Waals surface area contributed by atoms with E-state index in [2.05, 4.69) is 9.97 Å². The Kier molecular flexibility index (Phi) is 6.94. The minimum Gasteiger partial charge on any atom is -0.507 e. The van der Waals surface area contributed by atoms with Crippen molar-refractivity contribution in [2.75, 3.05) is 18.1 Å². The molecular formula is C27H22N4O7S. The number of amides is 1. The highest BCUT2D eigenvalue weighted by molar-refractivity contribution is 7.22. The number of fused-ring (bicyclic) bond motifs is 1. The molecule has 1 amide bonds. The lowest BCUT2D eigenvalue weighted by Gasteiger charge is -2.22. The molecule has 1 unspecified atom stereocenters. The van der Waals surface area contributed by atoms with E-state index >= 15 is 0 Å². The molecule has 1 atom stereocenters. The average molecular weight is 547 g/mol. The predicted octanol–water partition coefficient (Wildman–Crippen LogP) is 5.02. The minimum atomic E-state index is -1.11. The molecule has 3 heterocycles. The Balaban J connectivity index is 1.70. The van der Waals surface area contributed by atoms with Gasteiger partial charge in [-0.15, -0.1) is 0 Å². The van der Waals surface area contributed by atoms with Crippen molar-refractivity contribution in [3.63, 3.8) is 0 Å². The fourth-order valence-corrected chi connectivity index (χ4v) is 5.37. The van der Waals surface area contributed by atoms with E-state index in [4.69, 9.17) is 9.47 Å². The number of pyridine rings is 1. The molecule has 0 radical (unpaired) electrons. The molecule has 1 aliphatic heterocycles. The summed E-state index contributed by atoms with van der Waals surface area (Å²) in [5.74, 6) is -1.48. The monoisotopic (exact) mass is 546 g/mol. The van der Waals surface area contributed by atoms with Crippen LogP contribution in [0, 0.1) is 10.1 Å². The molecule has 2 aromatic carbocycles. The molecule has 1 aliphatic rings. The van der Waals surface area contributed by atoms with Crippen LogP contribution in [0.2, 0.25) is 0 Å². The van der Waals surface area contributed by atoms with Gasteiger partial charge in [0.15, 0.2) is 5.13 Å². The van der Waals surface area contributed by atoms with Gasteiger partial charge in [0.2, 0.25) is 0 Å². The van der Waals surface area contributed by atoms with Crippen molar-refractivity contribution >= 4 is 49.8 Å². The Morgan fingerprint density at radius 2 is 1.90 bits per heavy atom. The topological polar surface area (TPSA) is 145 Å². The second kappa shape index (κ2) is 10.5. The smallest absolute Gasteiger partial charge is 0.301 e. The number of rotatable bonds is 8. The number of aliphatic hydroxyl groups is 1. The van der Waals surface area contributed by atoms with Gasteiger partial charge in [-0.2, -0.15) is 0 Å². The zero-order valence-corrected chi connectivity index (χ0v) is 21.7. The van der Waals surface area contributed by atoms with E-state index in [1.54, 1.807) is 43.3 Å². The largest absolute Gasteiger partial charge is 0.507 e. The molecule has 0 bridgehead atoms. The van der Waals surface area contributed by atoms with E-state index in [0.29, 0.717) is 28.3 Å². The summed E-state index contributed by atoms with van der Waals surface area (Å²) in [7, 11) is 0. The van der Waals surface area contributed by atoms with Crippen LogP contribution in [0.15, 0.2) is 66.4 Å². The molecule has 11 nitrogen and oxygen atoms in total. The number of non-ortho nitro benzene ring substituents is 1. The first-order valence-electron chi connectivity index (χ1n) is 12.0. The average Bonchev–Trinajstić information content (AvgIpc) is 3.47. The number of carbonyl (C=O) groups excluding carboxylic acids is 2. The highest BCUT2D eigenvalue weighted by atomic mass is 32.1. The first-order valence-corrected chi connectivity index (χ1v) is 12.8. The number of nitro benzene ring substituents is 1. The number of hydrogen-bond acceptors (Lipinski definition) is 10. The first-order chi connectivity index (χ1) is 18.8. The number of ketones is 1. The van der Waals surface area contributed by atoms with Crippen LogP contribution in [0.5, 0.6) is 11.5 Å². The molecule has 2 aromatic heterocycles. The molecule has 1 fully saturated rings. The Bertz CT molecular complexity index is 1630. The fourth-order valence-electron chi connectivity index (χ4n) is 4.34. The third-order valence-corrected chi connectivity index (χ3v) is 7.03. The summed E-state index contributed by atoms with van der Waals surface area (Å²) in [4.78, 5) is 47.7. The summed E-state index contributed by atoms with van der Waals surface area (Å²) in [6.07, 6.45) is 1.51. The van der Waals surface area contributed by atoms with E-state index in [1.165, 1.54) is 29.3 Å². The molecule has 5 rings (SSSR count). The zero-order valence-electron chi connectivity index (χ0n) is 20.9. The van der Waals surface area contributed by atoms with Gasteiger partial charge in [-0.05, 0) is 44.2 Å². The van der Waals surface area contributed by atoms with Gasteiger partial charge in [-0.3, -0.25) is 29.6 Å². The standard InChI is InChI=1S/C27H22N4O7S/c1-3-37-16-9-10-17(20(14-16)38-4-2)24(32)22-23(19-7-5-6-12-28-19)30(26(34)25(22)33)27-29-18-11-8-15(31(35)36)13-21(18)39-27/h5-14,23,32H,3-4H2,1-2H3/b24-22+. The summed E-state index contributed by atoms with van der Waals surface area (Å²) in [6, 6.07) is 12.9. The Labute approximate surface area is 226 Å². The van der Waals surface area contributed by atoms with Crippen LogP contribution in [0.4, 0.5) is 10.8 Å². The number of benzene rings is 2. The molecule has 198 valence electrons. The molecule has 4 aromatic rings. The van der Waals surface area contributed by atoms with Crippen LogP contribution in [0.3, 0.4) is 0 Å². The third-order valence-electron chi connectivity index (χ3n) is 6.01. The summed E-state index contributed by atoms with van der Waals surface area (Å²) in [5, 5.41) is 22.9. The SMILES string of the molecule is CCOc1ccc(/C(O)=C2\C(=O)C(=O)N(c3nc4ccc([N+](=O)[O-])cc4s3)C2c2ccccn2)c(OCC)c1. The van der Waals surface area contributed by atoms with Crippen molar-refractivity contribution in [2.24, 2.45) is 0 Å². The molecule has 0 spiro atoms. The van der Waals surface area contributed by atoms with Gasteiger partial charge in [0.1, 0.15) is 23.3 Å². The lowest BCUT2D eigenvalue weighted by Crippen LogP contribution is -2.29. The van der Waals surface area contributed by atoms with Crippen molar-refractivity contribution < 1.29 is 29.1 Å². The molecule has 12 heteroatoms. The Morgan fingerprint density at radius 1 is 1.10 bits per heavy atom. The summed E-state index contributed by atoms with van der Waals surface area (Å²) >= 11 is 1.02. The second-order valence-corrected chi connectivity index (χ2v) is 9.36. The van der Waals surface area contributed by atoms with Crippen molar-refractivity contribution in [1.29, 1.82) is 0 Å². The maximum Gasteiger partial charge on any atom is 0.301 e. The van der Waals surface area contributed by atoms with Crippen molar-refractivity contribution in [1.82, 2.24) is 9.97 Å². The summed E-state index contributed by atoms with van der Waals surface area (Å²) < 4.78 is 11.7. The van der Waals surface area contributed by atoms with E-state index in [-0.39, 0.29) is 34.3 Å². The predicted molar refractivity (Wildman–Crippen MR) is 144 cm³/mol. The van der Waals surface area contributed by atoms with Crippen LogP contribution in [0.25, 0.3) is 16.0 Å². The van der Waals surface area contributed by atoms with E-state index in [1.807, 2.05) is 6.92 Å².